The van der Waals surface area contributed by atoms with Crippen LogP contribution < -0.4 is 0 Å². The van der Waals surface area contributed by atoms with E-state index in [4.69, 9.17) is 16.3 Å². The van der Waals surface area contributed by atoms with E-state index in [1.807, 2.05) is 11.8 Å². The zero-order valence-corrected chi connectivity index (χ0v) is 10.3. The summed E-state index contributed by atoms with van der Waals surface area (Å²) < 4.78 is 5.30. The summed E-state index contributed by atoms with van der Waals surface area (Å²) >= 11 is 7.37. The van der Waals surface area contributed by atoms with Crippen LogP contribution >= 0.6 is 23.4 Å². The average Bonchev–Trinajstić information content (AvgIpc) is 2.12. The van der Waals surface area contributed by atoms with E-state index in [-0.39, 0.29) is 0 Å². The molecule has 80 valence electrons. The fourth-order valence-electron chi connectivity index (χ4n) is 0.954. The highest BCUT2D eigenvalue weighted by Gasteiger charge is 2.06. The van der Waals surface area contributed by atoms with Gasteiger partial charge in [0.2, 0.25) is 0 Å². The molecule has 0 aromatic rings. The topological polar surface area (TPSA) is 12.5 Å². The van der Waals surface area contributed by atoms with Crippen LogP contribution in [0.15, 0.2) is 0 Å². The molecule has 0 aromatic carbocycles. The standard InChI is InChI=1S/C9H20ClNOS/c1-9(8-13-3)11(2)5-7-12-6-4-10/h9H,4-8H2,1-3H3. The van der Waals surface area contributed by atoms with Gasteiger partial charge >= 0.3 is 0 Å². The maximum Gasteiger partial charge on any atom is 0.0602 e. The SMILES string of the molecule is CSCC(C)N(C)CCOCCCl. The van der Waals surface area contributed by atoms with E-state index in [0.717, 1.165) is 13.2 Å². The Kier molecular flexibility index (Phi) is 9.52. The lowest BCUT2D eigenvalue weighted by Crippen LogP contribution is -2.33. The molecule has 0 radical (unpaired) electrons. The van der Waals surface area contributed by atoms with Gasteiger partial charge in [-0.25, -0.2) is 0 Å². The molecule has 0 aromatic heterocycles. The van der Waals surface area contributed by atoms with Crippen molar-refractivity contribution in [2.24, 2.45) is 0 Å². The molecule has 0 saturated carbocycles. The van der Waals surface area contributed by atoms with Crippen LogP contribution in [0.1, 0.15) is 6.92 Å². The minimum absolute atomic E-state index is 0.587. The van der Waals surface area contributed by atoms with E-state index in [1.54, 1.807) is 0 Å². The normalized spacial score (nSPS) is 13.6. The molecule has 0 aliphatic carbocycles. The Labute approximate surface area is 91.0 Å². The first-order valence-corrected chi connectivity index (χ1v) is 6.48. The summed E-state index contributed by atoms with van der Waals surface area (Å²) in [5.41, 5.74) is 0. The third-order valence-corrected chi connectivity index (χ3v) is 2.94. The van der Waals surface area contributed by atoms with Gasteiger partial charge in [0.05, 0.1) is 13.2 Å². The summed E-state index contributed by atoms with van der Waals surface area (Å²) in [6.07, 6.45) is 2.13. The molecule has 0 rings (SSSR count). The monoisotopic (exact) mass is 225 g/mol. The van der Waals surface area contributed by atoms with E-state index in [2.05, 4.69) is 25.1 Å². The predicted octanol–water partition coefficient (Wildman–Crippen LogP) is 1.93. The summed E-state index contributed by atoms with van der Waals surface area (Å²) in [6.45, 7) is 4.66. The first-order valence-electron chi connectivity index (χ1n) is 4.55. The molecule has 2 nitrogen and oxygen atoms in total. The van der Waals surface area contributed by atoms with Crippen molar-refractivity contribution in [2.75, 3.05) is 44.7 Å². The number of rotatable bonds is 8. The van der Waals surface area contributed by atoms with Crippen LogP contribution in [0.25, 0.3) is 0 Å². The summed E-state index contributed by atoms with van der Waals surface area (Å²) in [7, 11) is 2.13. The second kappa shape index (κ2) is 9.13. The van der Waals surface area contributed by atoms with Gasteiger partial charge in [-0.05, 0) is 20.2 Å². The summed E-state index contributed by atoms with van der Waals surface area (Å²) in [5, 5.41) is 0. The smallest absolute Gasteiger partial charge is 0.0602 e. The lowest BCUT2D eigenvalue weighted by Gasteiger charge is -2.23. The number of nitrogens with zero attached hydrogens (tertiary/aromatic N) is 1. The molecule has 0 bridgehead atoms. The number of thioether (sulfide) groups is 1. The Bertz CT molecular complexity index is 116. The third-order valence-electron chi connectivity index (χ3n) is 1.97. The van der Waals surface area contributed by atoms with E-state index in [0.29, 0.717) is 18.5 Å². The van der Waals surface area contributed by atoms with Crippen molar-refractivity contribution >= 4 is 23.4 Å². The van der Waals surface area contributed by atoms with Crippen LogP contribution in [0, 0.1) is 0 Å². The minimum Gasteiger partial charge on any atom is -0.379 e. The Morgan fingerprint density at radius 3 is 2.69 bits per heavy atom. The number of alkyl halides is 1. The van der Waals surface area contributed by atoms with E-state index >= 15 is 0 Å². The van der Waals surface area contributed by atoms with Gasteiger partial charge < -0.3 is 9.64 Å². The molecule has 0 heterocycles. The fraction of sp³-hybridized carbons (Fsp3) is 1.00. The van der Waals surface area contributed by atoms with Gasteiger partial charge in [-0.15, -0.1) is 11.6 Å². The maximum absolute atomic E-state index is 5.49. The van der Waals surface area contributed by atoms with Gasteiger partial charge in [0.15, 0.2) is 0 Å². The molecule has 0 fully saturated rings. The lowest BCUT2D eigenvalue weighted by molar-refractivity contribution is 0.115. The Balaban J connectivity index is 3.32. The largest absolute Gasteiger partial charge is 0.379 e. The quantitative estimate of drug-likeness (QED) is 0.463. The highest BCUT2D eigenvalue weighted by atomic mass is 35.5. The molecule has 1 unspecified atom stereocenters. The molecular formula is C9H20ClNOS. The Morgan fingerprint density at radius 1 is 1.46 bits per heavy atom. The van der Waals surface area contributed by atoms with Gasteiger partial charge in [-0.3, -0.25) is 0 Å². The minimum atomic E-state index is 0.587. The van der Waals surface area contributed by atoms with Crippen LogP contribution in [0.5, 0.6) is 0 Å². The third kappa shape index (κ3) is 7.62. The fourth-order valence-corrected chi connectivity index (χ4v) is 1.80. The average molecular weight is 226 g/mol. The van der Waals surface area contributed by atoms with E-state index < -0.39 is 0 Å². The van der Waals surface area contributed by atoms with Crippen LogP contribution in [0.4, 0.5) is 0 Å². The first kappa shape index (κ1) is 13.6. The number of ether oxygens (including phenoxy) is 1. The second-order valence-corrected chi connectivity index (χ2v) is 4.37. The molecule has 0 saturated heterocycles. The molecule has 4 heteroatoms. The van der Waals surface area contributed by atoms with Gasteiger partial charge in [-0.2, -0.15) is 11.8 Å². The van der Waals surface area contributed by atoms with Gasteiger partial charge in [0.25, 0.3) is 0 Å². The van der Waals surface area contributed by atoms with Crippen LogP contribution in [0.2, 0.25) is 0 Å². The highest BCUT2D eigenvalue weighted by molar-refractivity contribution is 7.98. The first-order chi connectivity index (χ1) is 6.22. The highest BCUT2D eigenvalue weighted by Crippen LogP contribution is 2.02. The van der Waals surface area contributed by atoms with Gasteiger partial charge in [-0.1, -0.05) is 0 Å². The van der Waals surface area contributed by atoms with Crippen molar-refractivity contribution in [3.63, 3.8) is 0 Å². The summed E-state index contributed by atoms with van der Waals surface area (Å²) in [4.78, 5) is 2.31. The predicted molar refractivity (Wildman–Crippen MR) is 62.0 cm³/mol. The van der Waals surface area contributed by atoms with Crippen LogP contribution in [-0.4, -0.2) is 55.6 Å². The van der Waals surface area contributed by atoms with Gasteiger partial charge in [0, 0.05) is 24.2 Å². The summed E-state index contributed by atoms with van der Waals surface area (Å²) in [6, 6.07) is 0.620. The number of hydrogen-bond donors (Lipinski definition) is 0. The molecule has 1 atom stereocenters. The molecule has 0 aliphatic heterocycles. The van der Waals surface area contributed by atoms with E-state index in [9.17, 15) is 0 Å². The van der Waals surface area contributed by atoms with Crippen molar-refractivity contribution < 1.29 is 4.74 Å². The molecule has 0 aliphatic rings. The lowest BCUT2D eigenvalue weighted by atomic mass is 10.3. The van der Waals surface area contributed by atoms with Crippen LogP contribution in [0.3, 0.4) is 0 Å². The van der Waals surface area contributed by atoms with Crippen molar-refractivity contribution in [1.29, 1.82) is 0 Å². The Morgan fingerprint density at radius 2 is 2.15 bits per heavy atom. The molecule has 13 heavy (non-hydrogen) atoms. The number of likely N-dealkylation sites (N-methyl/N-ethyl adjacent to an activating group) is 1. The molecular weight excluding hydrogens is 206 g/mol. The van der Waals surface area contributed by atoms with Crippen molar-refractivity contribution in [3.05, 3.63) is 0 Å². The molecule has 0 N–H and O–H groups in total. The molecule has 0 amide bonds. The zero-order chi connectivity index (χ0) is 10.1. The zero-order valence-electron chi connectivity index (χ0n) is 8.75. The maximum atomic E-state index is 5.49. The number of hydrogen-bond acceptors (Lipinski definition) is 3. The Hall–Kier alpha value is 0.560. The van der Waals surface area contributed by atoms with Gasteiger partial charge in [0.1, 0.15) is 0 Å². The van der Waals surface area contributed by atoms with Crippen LogP contribution in [-0.2, 0) is 4.74 Å². The summed E-state index contributed by atoms with van der Waals surface area (Å²) in [5.74, 6) is 1.76. The van der Waals surface area contributed by atoms with Crippen molar-refractivity contribution in [1.82, 2.24) is 4.90 Å². The molecule has 0 spiro atoms. The van der Waals surface area contributed by atoms with E-state index in [1.165, 1.54) is 5.75 Å². The second-order valence-electron chi connectivity index (χ2n) is 3.09. The van der Waals surface area contributed by atoms with Crippen molar-refractivity contribution in [2.45, 2.75) is 13.0 Å². The van der Waals surface area contributed by atoms with Crippen molar-refractivity contribution in [3.8, 4) is 0 Å². The number of halogens is 1.